The summed E-state index contributed by atoms with van der Waals surface area (Å²) in [5, 5.41) is 11.8. The quantitative estimate of drug-likeness (QED) is 0.424. The van der Waals surface area contributed by atoms with Gasteiger partial charge in [0.15, 0.2) is 40.2 Å². The molecule has 212 valence electrons. The maximum atomic E-state index is 14.3. The number of aromatic nitrogens is 2. The fourth-order valence-corrected chi connectivity index (χ4v) is 7.06. The molecule has 0 bridgehead atoms. The van der Waals surface area contributed by atoms with Gasteiger partial charge in [-0.15, -0.1) is 0 Å². The van der Waals surface area contributed by atoms with Crippen molar-refractivity contribution in [2.24, 2.45) is 29.4 Å². The first-order valence-corrected chi connectivity index (χ1v) is 13.3. The summed E-state index contributed by atoms with van der Waals surface area (Å²) in [6.07, 6.45) is 3.48. The average molecular weight is 560 g/mol. The second-order valence-corrected chi connectivity index (χ2v) is 11.5. The minimum absolute atomic E-state index is 0.0352. The molecule has 3 aromatic rings. The molecule has 3 N–H and O–H groups in total. The van der Waals surface area contributed by atoms with Crippen molar-refractivity contribution in [2.45, 2.75) is 24.5 Å². The van der Waals surface area contributed by atoms with Gasteiger partial charge in [-0.2, -0.15) is 0 Å². The summed E-state index contributed by atoms with van der Waals surface area (Å²) in [7, 11) is 6.80. The number of fused-ring (bicyclic) bond motifs is 5. The number of nitrogens with zero attached hydrogens (tertiary/aromatic N) is 4. The van der Waals surface area contributed by atoms with Crippen LogP contribution in [-0.2, 0) is 25.6 Å². The number of benzene rings is 1. The Hall–Kier alpha value is -4.29. The molecule has 2 aromatic heterocycles. The van der Waals surface area contributed by atoms with Crippen LogP contribution in [-0.4, -0.2) is 88.8 Å². The molecule has 1 aromatic carbocycles. The van der Waals surface area contributed by atoms with E-state index in [4.69, 9.17) is 10.2 Å². The second kappa shape index (κ2) is 9.11. The van der Waals surface area contributed by atoms with E-state index in [-0.39, 0.29) is 29.9 Å². The van der Waals surface area contributed by atoms with Crippen LogP contribution in [0.5, 0.6) is 0 Å². The zero-order chi connectivity index (χ0) is 29.5. The van der Waals surface area contributed by atoms with Crippen LogP contribution in [0.3, 0.4) is 0 Å². The normalized spacial score (nSPS) is 29.4. The van der Waals surface area contributed by atoms with Gasteiger partial charge in [-0.05, 0) is 56.6 Å². The number of amides is 1. The number of ketones is 4. The Morgan fingerprint density at radius 2 is 1.78 bits per heavy atom. The number of oxazole rings is 1. The molecule has 2 unspecified atom stereocenters. The summed E-state index contributed by atoms with van der Waals surface area (Å²) in [5.74, 6) is -9.70. The Labute approximate surface area is 234 Å². The highest BCUT2D eigenvalue weighted by molar-refractivity contribution is 6.32. The number of anilines is 1. The number of carbonyl (C=O) groups excluding carboxylic acids is 5. The van der Waals surface area contributed by atoms with Gasteiger partial charge in [0.1, 0.15) is 5.52 Å². The molecule has 0 radical (unpaired) electrons. The Bertz CT molecular complexity index is 1660. The maximum Gasteiger partial charge on any atom is 0.235 e. The summed E-state index contributed by atoms with van der Waals surface area (Å²) in [5.41, 5.74) is 5.49. The number of rotatable bonds is 4. The van der Waals surface area contributed by atoms with Crippen molar-refractivity contribution in [1.82, 2.24) is 14.9 Å². The first kappa shape index (κ1) is 26.9. The van der Waals surface area contributed by atoms with Crippen LogP contribution in [0, 0.1) is 23.7 Å². The number of nitrogens with two attached hydrogens (primary N) is 1. The van der Waals surface area contributed by atoms with Gasteiger partial charge in [0.2, 0.25) is 11.8 Å². The van der Waals surface area contributed by atoms with Crippen LogP contribution < -0.4 is 10.6 Å². The van der Waals surface area contributed by atoms with Gasteiger partial charge in [0.05, 0.1) is 17.5 Å². The van der Waals surface area contributed by atoms with Crippen LogP contribution in [0.15, 0.2) is 35.0 Å². The smallest absolute Gasteiger partial charge is 0.235 e. The van der Waals surface area contributed by atoms with Gasteiger partial charge in [0.25, 0.3) is 0 Å². The van der Waals surface area contributed by atoms with Crippen LogP contribution in [0.4, 0.5) is 5.69 Å². The molecular formula is C29H29N5O7. The van der Waals surface area contributed by atoms with Gasteiger partial charge >= 0.3 is 0 Å². The molecule has 2 fully saturated rings. The molecule has 3 aliphatic carbocycles. The lowest BCUT2D eigenvalue weighted by molar-refractivity contribution is -0.181. The minimum atomic E-state index is -2.72. The van der Waals surface area contributed by atoms with Crippen LogP contribution in [0.25, 0.3) is 22.6 Å². The molecule has 2 saturated carbocycles. The van der Waals surface area contributed by atoms with Gasteiger partial charge in [0, 0.05) is 43.7 Å². The van der Waals surface area contributed by atoms with E-state index in [0.29, 0.717) is 16.6 Å². The number of aliphatic hydroxyl groups is 1. The van der Waals surface area contributed by atoms with Gasteiger partial charge in [-0.3, -0.25) is 33.9 Å². The molecule has 12 nitrogen and oxygen atoms in total. The standard InChI is InChI=1S/C29H29N5O7/c1-33(2)17-11-16-24(41-28(32-16)12-5-7-31-8-6-12)19-14(17)9-13-10-15-21(34(3)4)23(36)20(27(30)39)26(38)29(15,40)25(37)18(13)22(19)35/h5-8,11,13,15,18,20-21,40H,9-10H2,1-4H3,(H2,30,39)/t13-,15-,18?,20?,21-,29-/m0/s1. The number of hydrogen-bond acceptors (Lipinski definition) is 11. The number of Topliss-reactive ketones (excluding diaryl/α,β-unsaturated/α-hetero) is 4. The largest absolute Gasteiger partial charge is 0.435 e. The van der Waals surface area contributed by atoms with Crippen molar-refractivity contribution in [3.05, 3.63) is 41.7 Å². The molecule has 6 atom stereocenters. The van der Waals surface area contributed by atoms with E-state index in [1.165, 1.54) is 4.90 Å². The highest BCUT2D eigenvalue weighted by Gasteiger charge is 2.69. The summed E-state index contributed by atoms with van der Waals surface area (Å²) in [6, 6.07) is 4.14. The first-order valence-electron chi connectivity index (χ1n) is 13.3. The maximum absolute atomic E-state index is 14.3. The third-order valence-corrected chi connectivity index (χ3v) is 8.83. The minimum Gasteiger partial charge on any atom is -0.435 e. The predicted molar refractivity (Wildman–Crippen MR) is 145 cm³/mol. The van der Waals surface area contributed by atoms with Gasteiger partial charge < -0.3 is 20.2 Å². The van der Waals surface area contributed by atoms with Crippen LogP contribution in [0.2, 0.25) is 0 Å². The van der Waals surface area contributed by atoms with Crippen LogP contribution >= 0.6 is 0 Å². The molecule has 6 rings (SSSR count). The Morgan fingerprint density at radius 1 is 1.10 bits per heavy atom. The number of carbonyl (C=O) groups is 5. The SMILES string of the molecule is CN(C)c1cc2nc(-c3ccncc3)oc2c2c1C[C@H]1C[C@H]3[C@H](N(C)C)C(=O)C(C(N)=O)C(=O)[C@@]3(O)C(=O)C1C2=O. The van der Waals surface area contributed by atoms with E-state index < -0.39 is 64.4 Å². The third-order valence-electron chi connectivity index (χ3n) is 8.83. The zero-order valence-electron chi connectivity index (χ0n) is 23.0. The molecule has 0 saturated heterocycles. The highest BCUT2D eigenvalue weighted by Crippen LogP contribution is 2.51. The van der Waals surface area contributed by atoms with Crippen molar-refractivity contribution < 1.29 is 33.5 Å². The van der Waals surface area contributed by atoms with E-state index in [9.17, 15) is 29.1 Å². The summed E-state index contributed by atoms with van der Waals surface area (Å²) >= 11 is 0. The predicted octanol–water partition coefficient (Wildman–Crippen LogP) is 0.431. The van der Waals surface area contributed by atoms with E-state index in [1.807, 2.05) is 25.1 Å². The lowest BCUT2D eigenvalue weighted by Gasteiger charge is -2.52. The molecule has 1 amide bonds. The molecule has 12 heteroatoms. The second-order valence-electron chi connectivity index (χ2n) is 11.5. The number of hydrogen-bond donors (Lipinski definition) is 2. The Kier molecular flexibility index (Phi) is 5.98. The summed E-state index contributed by atoms with van der Waals surface area (Å²) in [6.45, 7) is 0. The van der Waals surface area contributed by atoms with E-state index in [1.54, 1.807) is 38.6 Å². The average Bonchev–Trinajstić information content (AvgIpc) is 3.34. The fourth-order valence-electron chi connectivity index (χ4n) is 7.06. The zero-order valence-corrected chi connectivity index (χ0v) is 23.0. The lowest BCUT2D eigenvalue weighted by atomic mass is 9.52. The number of primary amides is 1. The van der Waals surface area contributed by atoms with Crippen molar-refractivity contribution in [2.75, 3.05) is 33.1 Å². The van der Waals surface area contributed by atoms with Crippen molar-refractivity contribution in [3.8, 4) is 11.5 Å². The monoisotopic (exact) mass is 559 g/mol. The third kappa shape index (κ3) is 3.63. The highest BCUT2D eigenvalue weighted by atomic mass is 16.3. The van der Waals surface area contributed by atoms with Gasteiger partial charge in [-0.1, -0.05) is 0 Å². The topological polar surface area (TPSA) is 177 Å². The van der Waals surface area contributed by atoms with E-state index >= 15 is 0 Å². The van der Waals surface area contributed by atoms with E-state index in [0.717, 1.165) is 5.69 Å². The van der Waals surface area contributed by atoms with Crippen molar-refractivity contribution >= 4 is 45.8 Å². The molecule has 0 aliphatic heterocycles. The molecule has 2 heterocycles. The Morgan fingerprint density at radius 3 is 2.39 bits per heavy atom. The van der Waals surface area contributed by atoms with E-state index in [2.05, 4.69) is 9.97 Å². The van der Waals surface area contributed by atoms with Gasteiger partial charge in [-0.25, -0.2) is 4.98 Å². The lowest BCUT2D eigenvalue weighted by Crippen LogP contribution is -2.74. The molecule has 0 spiro atoms. The molecule has 41 heavy (non-hydrogen) atoms. The molecular weight excluding hydrogens is 530 g/mol. The van der Waals surface area contributed by atoms with Crippen molar-refractivity contribution in [1.29, 1.82) is 0 Å². The number of pyridine rings is 1. The van der Waals surface area contributed by atoms with Crippen molar-refractivity contribution in [3.63, 3.8) is 0 Å². The first-order chi connectivity index (χ1) is 19.4. The Balaban J connectivity index is 1.53. The molecule has 3 aliphatic rings. The fraction of sp³-hybridized carbons (Fsp3) is 0.414. The number of likely N-dealkylation sites (N-methyl/N-ethyl adjacent to an activating group) is 1. The van der Waals surface area contributed by atoms with Crippen LogP contribution in [0.1, 0.15) is 22.3 Å². The summed E-state index contributed by atoms with van der Waals surface area (Å²) in [4.78, 5) is 79.3. The summed E-state index contributed by atoms with van der Waals surface area (Å²) < 4.78 is 6.11.